The van der Waals surface area contributed by atoms with Crippen molar-refractivity contribution < 1.29 is 9.53 Å². The van der Waals surface area contributed by atoms with Crippen molar-refractivity contribution in [1.29, 1.82) is 0 Å². The van der Waals surface area contributed by atoms with Crippen LogP contribution < -0.4 is 15.6 Å². The number of hydrogen-bond donors (Lipinski definition) is 1. The van der Waals surface area contributed by atoms with E-state index < -0.39 is 6.10 Å². The molecule has 1 N–H and O–H groups in total. The van der Waals surface area contributed by atoms with Crippen LogP contribution in [0.2, 0.25) is 0 Å². The summed E-state index contributed by atoms with van der Waals surface area (Å²) in [5.74, 6) is 0.457. The van der Waals surface area contributed by atoms with Gasteiger partial charge in [0.2, 0.25) is 0 Å². The number of amides is 1. The minimum Gasteiger partial charge on any atom is -0.481 e. The fourth-order valence-corrected chi connectivity index (χ4v) is 4.21. The molecular formula is C25H23N3O3. The average Bonchev–Trinajstić information content (AvgIpc) is 3.12. The molecule has 5 rings (SSSR count). The van der Waals surface area contributed by atoms with Crippen molar-refractivity contribution in [2.45, 2.75) is 32.8 Å². The van der Waals surface area contributed by atoms with Gasteiger partial charge in [0.25, 0.3) is 11.5 Å². The van der Waals surface area contributed by atoms with Crippen LogP contribution in [0.3, 0.4) is 0 Å². The maximum atomic E-state index is 13.3. The Balaban J connectivity index is 1.63. The van der Waals surface area contributed by atoms with Crippen LogP contribution in [0.5, 0.6) is 5.75 Å². The third-order valence-corrected chi connectivity index (χ3v) is 5.77. The zero-order valence-corrected chi connectivity index (χ0v) is 17.5. The Bertz CT molecular complexity index is 1490. The highest BCUT2D eigenvalue weighted by molar-refractivity contribution is 6.18. The number of pyridine rings is 2. The summed E-state index contributed by atoms with van der Waals surface area (Å²) in [7, 11) is 0. The molecule has 0 radical (unpaired) electrons. The van der Waals surface area contributed by atoms with Crippen molar-refractivity contribution in [2.24, 2.45) is 0 Å². The largest absolute Gasteiger partial charge is 0.481 e. The van der Waals surface area contributed by atoms with Crippen LogP contribution in [0.4, 0.5) is 0 Å². The van der Waals surface area contributed by atoms with E-state index in [1.807, 2.05) is 42.5 Å². The number of ether oxygens (including phenoxy) is 1. The first-order chi connectivity index (χ1) is 15.1. The number of aromatic nitrogens is 2. The molecule has 3 heterocycles. The third kappa shape index (κ3) is 3.06. The van der Waals surface area contributed by atoms with Crippen molar-refractivity contribution in [3.63, 3.8) is 0 Å². The Labute approximate surface area is 178 Å². The molecule has 2 aromatic carbocycles. The van der Waals surface area contributed by atoms with Crippen molar-refractivity contribution >= 4 is 44.0 Å². The van der Waals surface area contributed by atoms with Gasteiger partial charge in [-0.05, 0) is 43.7 Å². The topological polar surface area (TPSA) is 72.7 Å². The lowest BCUT2D eigenvalue weighted by molar-refractivity contribution is -0.127. The van der Waals surface area contributed by atoms with E-state index in [1.165, 1.54) is 0 Å². The molecule has 1 atom stereocenters. The smallest absolute Gasteiger partial charge is 0.263 e. The van der Waals surface area contributed by atoms with Crippen molar-refractivity contribution in [3.05, 3.63) is 65.1 Å². The molecule has 6 heteroatoms. The van der Waals surface area contributed by atoms with E-state index in [-0.39, 0.29) is 11.5 Å². The first kappa shape index (κ1) is 19.3. The van der Waals surface area contributed by atoms with Gasteiger partial charge in [0.05, 0.1) is 16.6 Å². The van der Waals surface area contributed by atoms with E-state index >= 15 is 0 Å². The lowest BCUT2D eigenvalue weighted by Crippen LogP contribution is -2.36. The van der Waals surface area contributed by atoms with E-state index in [2.05, 4.69) is 17.2 Å². The van der Waals surface area contributed by atoms with Gasteiger partial charge in [0.1, 0.15) is 5.75 Å². The Morgan fingerprint density at radius 1 is 1.10 bits per heavy atom. The predicted octanol–water partition coefficient (Wildman–Crippen LogP) is 4.28. The normalized spacial score (nSPS) is 12.7. The second-order valence-corrected chi connectivity index (χ2v) is 7.83. The summed E-state index contributed by atoms with van der Waals surface area (Å²) in [4.78, 5) is 30.2. The minimum absolute atomic E-state index is 0.0616. The highest BCUT2D eigenvalue weighted by atomic mass is 16.5. The molecule has 5 aromatic rings. The summed E-state index contributed by atoms with van der Waals surface area (Å²) in [6.07, 6.45) is 3.12. The van der Waals surface area contributed by atoms with E-state index in [9.17, 15) is 9.59 Å². The third-order valence-electron chi connectivity index (χ3n) is 5.77. The first-order valence-corrected chi connectivity index (χ1v) is 10.6. The van der Waals surface area contributed by atoms with Gasteiger partial charge in [-0.2, -0.15) is 0 Å². The second-order valence-electron chi connectivity index (χ2n) is 7.83. The first-order valence-electron chi connectivity index (χ1n) is 10.6. The van der Waals surface area contributed by atoms with Crippen LogP contribution in [0.25, 0.3) is 38.1 Å². The number of nitrogens with one attached hydrogen (secondary N) is 1. The van der Waals surface area contributed by atoms with Crippen molar-refractivity contribution in [2.75, 3.05) is 6.54 Å². The molecule has 0 aliphatic heterocycles. The van der Waals surface area contributed by atoms with E-state index in [0.29, 0.717) is 17.7 Å². The minimum atomic E-state index is -0.610. The monoisotopic (exact) mass is 413 g/mol. The van der Waals surface area contributed by atoms with Crippen LogP contribution in [0.1, 0.15) is 26.7 Å². The maximum absolute atomic E-state index is 13.3. The standard InChI is InChI=1S/C25H23N3O3/c1-3-4-12-27-24(29)15(2)31-16-9-10-21-20(14-16)18-11-13-26-22-17-7-5-6-8-19(17)25(30)28(21)23(18)22/h5-11,13-15H,3-4,12H2,1-2H3,(H,27,29)/t15-/m1/s1. The highest BCUT2D eigenvalue weighted by Gasteiger charge is 2.19. The highest BCUT2D eigenvalue weighted by Crippen LogP contribution is 2.34. The van der Waals surface area contributed by atoms with Gasteiger partial charge in [0.15, 0.2) is 6.10 Å². The molecule has 0 saturated carbocycles. The molecule has 31 heavy (non-hydrogen) atoms. The summed E-state index contributed by atoms with van der Waals surface area (Å²) in [6, 6.07) is 15.1. The van der Waals surface area contributed by atoms with E-state index in [0.717, 1.165) is 45.6 Å². The van der Waals surface area contributed by atoms with Gasteiger partial charge in [0, 0.05) is 34.3 Å². The SMILES string of the molecule is CCCCNC(=O)[C@@H](C)Oc1ccc2c(c1)c1ccnc3c4ccccc4c(=O)n2c13. The molecule has 0 aliphatic rings. The van der Waals surface area contributed by atoms with Crippen LogP contribution in [-0.2, 0) is 4.79 Å². The van der Waals surface area contributed by atoms with Crippen LogP contribution in [-0.4, -0.2) is 27.9 Å². The zero-order valence-electron chi connectivity index (χ0n) is 17.5. The fraction of sp³-hybridized carbons (Fsp3) is 0.240. The van der Waals surface area contributed by atoms with E-state index in [4.69, 9.17) is 4.74 Å². The fourth-order valence-electron chi connectivity index (χ4n) is 4.21. The molecule has 0 unspecified atom stereocenters. The Morgan fingerprint density at radius 2 is 1.90 bits per heavy atom. The van der Waals surface area contributed by atoms with Gasteiger partial charge in [-0.25, -0.2) is 0 Å². The second kappa shape index (κ2) is 7.54. The Kier molecular flexibility index (Phi) is 4.70. The molecule has 0 fully saturated rings. The molecule has 1 amide bonds. The van der Waals surface area contributed by atoms with Gasteiger partial charge >= 0.3 is 0 Å². The summed E-state index contributed by atoms with van der Waals surface area (Å²) >= 11 is 0. The average molecular weight is 413 g/mol. The quantitative estimate of drug-likeness (QED) is 0.333. The maximum Gasteiger partial charge on any atom is 0.263 e. The molecule has 0 spiro atoms. The number of fused-ring (bicyclic) bond motifs is 5. The molecular weight excluding hydrogens is 390 g/mol. The molecule has 0 aliphatic carbocycles. The molecule has 3 aromatic heterocycles. The summed E-state index contributed by atoms with van der Waals surface area (Å²) in [5.41, 5.74) is 2.35. The number of unbranched alkanes of at least 4 members (excludes halogenated alkanes) is 1. The number of benzene rings is 2. The summed E-state index contributed by atoms with van der Waals surface area (Å²) in [5, 5.41) is 6.22. The summed E-state index contributed by atoms with van der Waals surface area (Å²) < 4.78 is 7.66. The predicted molar refractivity (Wildman–Crippen MR) is 123 cm³/mol. The molecule has 0 bridgehead atoms. The van der Waals surface area contributed by atoms with Gasteiger partial charge < -0.3 is 10.1 Å². The zero-order chi connectivity index (χ0) is 21.5. The lowest BCUT2D eigenvalue weighted by Gasteiger charge is -2.14. The van der Waals surface area contributed by atoms with Crippen LogP contribution in [0.15, 0.2) is 59.5 Å². The number of carbonyl (C=O) groups excluding carboxylic acids is 1. The van der Waals surface area contributed by atoms with E-state index in [1.54, 1.807) is 23.6 Å². The number of nitrogens with zero attached hydrogens (tertiary/aromatic N) is 2. The Hall–Kier alpha value is -3.67. The number of rotatable bonds is 6. The van der Waals surface area contributed by atoms with Gasteiger partial charge in [-0.3, -0.25) is 19.0 Å². The molecule has 156 valence electrons. The number of hydrogen-bond acceptors (Lipinski definition) is 4. The molecule has 0 saturated heterocycles. The van der Waals surface area contributed by atoms with Crippen molar-refractivity contribution in [1.82, 2.24) is 14.7 Å². The summed E-state index contributed by atoms with van der Waals surface area (Å²) in [6.45, 7) is 4.47. The molecule has 6 nitrogen and oxygen atoms in total. The Morgan fingerprint density at radius 3 is 2.71 bits per heavy atom. The van der Waals surface area contributed by atoms with Crippen molar-refractivity contribution in [3.8, 4) is 5.75 Å². The number of carbonyl (C=O) groups is 1. The lowest BCUT2D eigenvalue weighted by atomic mass is 10.1. The van der Waals surface area contributed by atoms with Gasteiger partial charge in [-0.1, -0.05) is 31.5 Å². The van der Waals surface area contributed by atoms with Crippen LogP contribution >= 0.6 is 0 Å². The van der Waals surface area contributed by atoms with Gasteiger partial charge in [-0.15, -0.1) is 0 Å². The van der Waals surface area contributed by atoms with Crippen LogP contribution in [0, 0.1) is 0 Å².